The maximum Gasteiger partial charge on any atom is 0.162 e. The van der Waals surface area contributed by atoms with E-state index in [9.17, 15) is 0 Å². The highest BCUT2D eigenvalue weighted by atomic mass is 35.5. The summed E-state index contributed by atoms with van der Waals surface area (Å²) >= 11 is 6.29. The van der Waals surface area contributed by atoms with Crippen molar-refractivity contribution in [2.24, 2.45) is 0 Å². The van der Waals surface area contributed by atoms with Crippen LogP contribution in [0.15, 0.2) is 12.1 Å². The molecule has 22 heavy (non-hydrogen) atoms. The predicted molar refractivity (Wildman–Crippen MR) is 91.2 cm³/mol. The molecular weight excluding hydrogens is 302 g/mol. The molecule has 4 nitrogen and oxygen atoms in total. The predicted octanol–water partition coefficient (Wildman–Crippen LogP) is 4.04. The van der Waals surface area contributed by atoms with Crippen molar-refractivity contribution in [3.8, 4) is 11.5 Å². The van der Waals surface area contributed by atoms with E-state index < -0.39 is 0 Å². The summed E-state index contributed by atoms with van der Waals surface area (Å²) in [6.45, 7) is 7.95. The van der Waals surface area contributed by atoms with E-state index in [0.29, 0.717) is 29.7 Å². The number of nitrogens with one attached hydrogen (secondary N) is 1. The maximum absolute atomic E-state index is 6.29. The Balaban J connectivity index is 2.36. The lowest BCUT2D eigenvalue weighted by Crippen LogP contribution is -2.17. The molecule has 0 bridgehead atoms. The molecule has 1 rings (SSSR count). The molecule has 0 atom stereocenters. The first-order valence-corrected chi connectivity index (χ1v) is 8.38. The smallest absolute Gasteiger partial charge is 0.162 e. The van der Waals surface area contributed by atoms with Crippen LogP contribution in [-0.2, 0) is 11.3 Å². The van der Waals surface area contributed by atoms with Gasteiger partial charge in [0.15, 0.2) is 11.5 Å². The molecule has 0 amide bonds. The zero-order valence-electron chi connectivity index (χ0n) is 13.9. The minimum Gasteiger partial charge on any atom is -0.493 e. The van der Waals surface area contributed by atoms with Crippen molar-refractivity contribution in [1.82, 2.24) is 5.32 Å². The van der Waals surface area contributed by atoms with E-state index in [2.05, 4.69) is 12.2 Å². The van der Waals surface area contributed by atoms with Crippen LogP contribution in [0.2, 0.25) is 5.02 Å². The molecule has 0 spiro atoms. The molecule has 0 aliphatic rings. The van der Waals surface area contributed by atoms with Crippen LogP contribution in [0.1, 0.15) is 38.7 Å². The van der Waals surface area contributed by atoms with Crippen molar-refractivity contribution in [2.75, 3.05) is 33.5 Å². The molecule has 0 heterocycles. The second kappa shape index (κ2) is 11.6. The molecule has 0 saturated heterocycles. The highest BCUT2D eigenvalue weighted by Gasteiger charge is 2.10. The number of halogens is 1. The van der Waals surface area contributed by atoms with Crippen LogP contribution in [0.4, 0.5) is 0 Å². The number of ether oxygens (including phenoxy) is 3. The number of unbranched alkanes of at least 4 members (excludes halogenated alkanes) is 1. The quantitative estimate of drug-likeness (QED) is 0.587. The summed E-state index contributed by atoms with van der Waals surface area (Å²) < 4.78 is 16.4. The third-order valence-corrected chi connectivity index (χ3v) is 3.58. The summed E-state index contributed by atoms with van der Waals surface area (Å²) in [4.78, 5) is 0. The second-order valence-corrected chi connectivity index (χ2v) is 5.43. The number of hydrogen-bond acceptors (Lipinski definition) is 4. The number of methoxy groups -OCH3 is 1. The molecule has 0 aliphatic heterocycles. The van der Waals surface area contributed by atoms with Gasteiger partial charge in [0.25, 0.3) is 0 Å². The topological polar surface area (TPSA) is 39.7 Å². The first-order chi connectivity index (χ1) is 10.7. The Labute approximate surface area is 139 Å². The second-order valence-electron chi connectivity index (χ2n) is 5.02. The molecule has 0 aliphatic carbocycles. The van der Waals surface area contributed by atoms with Crippen LogP contribution in [0.5, 0.6) is 11.5 Å². The van der Waals surface area contributed by atoms with Gasteiger partial charge in [-0.2, -0.15) is 0 Å². The monoisotopic (exact) mass is 329 g/mol. The fraction of sp³-hybridized carbons (Fsp3) is 0.647. The van der Waals surface area contributed by atoms with Gasteiger partial charge in [0.2, 0.25) is 0 Å². The van der Waals surface area contributed by atoms with Gasteiger partial charge in [0.1, 0.15) is 0 Å². The molecule has 1 aromatic carbocycles. The molecule has 0 fully saturated rings. The fourth-order valence-corrected chi connectivity index (χ4v) is 2.23. The minimum absolute atomic E-state index is 0.586. The molecule has 5 heteroatoms. The van der Waals surface area contributed by atoms with Crippen LogP contribution in [0, 0.1) is 0 Å². The number of rotatable bonds is 12. The van der Waals surface area contributed by atoms with E-state index in [1.54, 1.807) is 7.11 Å². The Hall–Kier alpha value is -0.970. The van der Waals surface area contributed by atoms with E-state index in [1.165, 1.54) is 6.42 Å². The molecule has 126 valence electrons. The lowest BCUT2D eigenvalue weighted by atomic mass is 10.2. The summed E-state index contributed by atoms with van der Waals surface area (Å²) in [6.07, 6.45) is 3.31. The van der Waals surface area contributed by atoms with E-state index >= 15 is 0 Å². The Morgan fingerprint density at radius 2 is 1.86 bits per heavy atom. The zero-order valence-corrected chi connectivity index (χ0v) is 14.7. The van der Waals surface area contributed by atoms with Gasteiger partial charge in [-0.15, -0.1) is 0 Å². The number of benzene rings is 1. The Bertz CT molecular complexity index is 427. The van der Waals surface area contributed by atoms with E-state index in [1.807, 2.05) is 19.1 Å². The van der Waals surface area contributed by atoms with Crippen molar-refractivity contribution < 1.29 is 14.2 Å². The van der Waals surface area contributed by atoms with Crippen molar-refractivity contribution in [3.63, 3.8) is 0 Å². The first kappa shape index (κ1) is 19.1. The lowest BCUT2D eigenvalue weighted by Gasteiger charge is -2.13. The van der Waals surface area contributed by atoms with Gasteiger partial charge in [0.05, 0.1) is 13.7 Å². The molecule has 1 aromatic rings. The van der Waals surface area contributed by atoms with Crippen LogP contribution in [-0.4, -0.2) is 33.5 Å². The third-order valence-electron chi connectivity index (χ3n) is 3.23. The van der Waals surface area contributed by atoms with Gasteiger partial charge in [-0.1, -0.05) is 24.9 Å². The van der Waals surface area contributed by atoms with Gasteiger partial charge in [-0.25, -0.2) is 0 Å². The van der Waals surface area contributed by atoms with Crippen LogP contribution >= 0.6 is 11.6 Å². The molecular formula is C17H28ClNO3. The highest BCUT2D eigenvalue weighted by Crippen LogP contribution is 2.33. The summed E-state index contributed by atoms with van der Waals surface area (Å²) in [5, 5.41) is 4.07. The molecule has 0 saturated carbocycles. The Kier molecular flexibility index (Phi) is 10.0. The molecule has 0 aromatic heterocycles. The van der Waals surface area contributed by atoms with Crippen molar-refractivity contribution >= 4 is 11.6 Å². The summed E-state index contributed by atoms with van der Waals surface area (Å²) in [6, 6.07) is 3.74. The summed E-state index contributed by atoms with van der Waals surface area (Å²) in [5.41, 5.74) is 1.01. The fourth-order valence-electron chi connectivity index (χ4n) is 2.01. The Morgan fingerprint density at radius 3 is 2.55 bits per heavy atom. The van der Waals surface area contributed by atoms with E-state index in [4.69, 9.17) is 25.8 Å². The molecule has 1 N–H and O–H groups in total. The average molecular weight is 330 g/mol. The van der Waals surface area contributed by atoms with Crippen LogP contribution in [0.25, 0.3) is 0 Å². The van der Waals surface area contributed by atoms with E-state index in [0.717, 1.165) is 38.2 Å². The average Bonchev–Trinajstić information content (AvgIpc) is 2.52. The SMILES string of the molecule is CCCCOCCCNCc1cc(OC)c(OCC)cc1Cl. The maximum atomic E-state index is 6.29. The Morgan fingerprint density at radius 1 is 1.09 bits per heavy atom. The first-order valence-electron chi connectivity index (χ1n) is 8.00. The van der Waals surface area contributed by atoms with Gasteiger partial charge in [-0.05, 0) is 37.9 Å². The normalized spacial score (nSPS) is 10.7. The summed E-state index contributed by atoms with van der Waals surface area (Å²) in [7, 11) is 1.64. The van der Waals surface area contributed by atoms with Gasteiger partial charge in [0, 0.05) is 30.8 Å². The minimum atomic E-state index is 0.586. The van der Waals surface area contributed by atoms with Crippen LogP contribution < -0.4 is 14.8 Å². The zero-order chi connectivity index (χ0) is 16.2. The largest absolute Gasteiger partial charge is 0.493 e. The highest BCUT2D eigenvalue weighted by molar-refractivity contribution is 6.31. The van der Waals surface area contributed by atoms with Gasteiger partial charge in [-0.3, -0.25) is 0 Å². The lowest BCUT2D eigenvalue weighted by molar-refractivity contribution is 0.129. The van der Waals surface area contributed by atoms with Crippen LogP contribution in [0.3, 0.4) is 0 Å². The van der Waals surface area contributed by atoms with E-state index in [-0.39, 0.29) is 0 Å². The standard InChI is InChI=1S/C17H28ClNO3/c1-4-6-9-21-10-7-8-19-13-14-11-16(20-3)17(22-5-2)12-15(14)18/h11-12,19H,4-10,13H2,1-3H3. The number of hydrogen-bond donors (Lipinski definition) is 1. The molecule has 0 unspecified atom stereocenters. The third kappa shape index (κ3) is 6.86. The summed E-state index contributed by atoms with van der Waals surface area (Å²) in [5.74, 6) is 1.40. The van der Waals surface area contributed by atoms with Crippen molar-refractivity contribution in [1.29, 1.82) is 0 Å². The van der Waals surface area contributed by atoms with Crippen molar-refractivity contribution in [3.05, 3.63) is 22.7 Å². The van der Waals surface area contributed by atoms with Gasteiger partial charge >= 0.3 is 0 Å². The van der Waals surface area contributed by atoms with Gasteiger partial charge < -0.3 is 19.5 Å². The molecule has 0 radical (unpaired) electrons. The van der Waals surface area contributed by atoms with Crippen molar-refractivity contribution in [2.45, 2.75) is 39.7 Å².